The van der Waals surface area contributed by atoms with Crippen LogP contribution in [0.3, 0.4) is 0 Å². The van der Waals surface area contributed by atoms with E-state index < -0.39 is 0 Å². The van der Waals surface area contributed by atoms with Gasteiger partial charge >= 0.3 is 7.48 Å². The minimum atomic E-state index is 0.0147. The molecule has 1 aromatic rings. The molecule has 0 unspecified atom stereocenters. The van der Waals surface area contributed by atoms with Gasteiger partial charge in [0.2, 0.25) is 0 Å². The van der Waals surface area contributed by atoms with Gasteiger partial charge in [0, 0.05) is 12.4 Å². The largest absolute Gasteiger partial charge is 0.449 e. The van der Waals surface area contributed by atoms with Gasteiger partial charge in [-0.2, -0.15) is 0 Å². The van der Waals surface area contributed by atoms with Crippen molar-refractivity contribution in [2.75, 3.05) is 0 Å². The average molecular weight is 138 g/mol. The van der Waals surface area contributed by atoms with Gasteiger partial charge in [-0.15, -0.1) is 0 Å². The minimum absolute atomic E-state index is 0.0147. The smallest absolute Gasteiger partial charge is 0.307 e. The Balaban J connectivity index is 0.000000371. The Morgan fingerprint density at radius 2 is 1.80 bits per heavy atom. The van der Waals surface area contributed by atoms with Crippen LogP contribution in [-0.4, -0.2) is 22.5 Å². The van der Waals surface area contributed by atoms with E-state index in [0.29, 0.717) is 0 Å². The highest BCUT2D eigenvalue weighted by atomic mass is 16.2. The molecule has 3 nitrogen and oxygen atoms in total. The third-order valence-corrected chi connectivity index (χ3v) is 0.797. The van der Waals surface area contributed by atoms with E-state index in [0.717, 1.165) is 5.46 Å². The summed E-state index contributed by atoms with van der Waals surface area (Å²) < 4.78 is 0. The number of hydrogen-bond donors (Lipinski definition) is 1. The Bertz CT molecular complexity index is 157. The predicted octanol–water partition coefficient (Wildman–Crippen LogP) is -0.528. The number of nitrogens with zero attached hydrogens (tertiary/aromatic N) is 2. The molecule has 0 saturated heterocycles. The molecular formula is C6H11BN2O. The lowest BCUT2D eigenvalue weighted by molar-refractivity contribution is 0.615. The molecule has 1 N–H and O–H groups in total. The Hall–Kier alpha value is -0.895. The second kappa shape index (κ2) is 6.23. The third kappa shape index (κ3) is 3.19. The molecule has 0 atom stereocenters. The van der Waals surface area contributed by atoms with Crippen molar-refractivity contribution in [1.82, 2.24) is 9.97 Å². The molecule has 54 valence electrons. The fourth-order valence-electron chi connectivity index (χ4n) is 0.412. The highest BCUT2D eigenvalue weighted by molar-refractivity contribution is 6.45. The van der Waals surface area contributed by atoms with Crippen molar-refractivity contribution in [2.24, 2.45) is 0 Å². The van der Waals surface area contributed by atoms with Gasteiger partial charge in [0.05, 0.1) is 0 Å². The first-order valence-corrected chi connectivity index (χ1v) is 3.28. The molecule has 0 amide bonds. The fraction of sp³-hybridized carbons (Fsp3) is 0.333. The Morgan fingerprint density at radius 1 is 1.30 bits per heavy atom. The van der Waals surface area contributed by atoms with Gasteiger partial charge in [-0.05, 0) is 5.46 Å². The molecule has 0 radical (unpaired) electrons. The lowest BCUT2D eigenvalue weighted by Crippen LogP contribution is -2.13. The zero-order valence-corrected chi connectivity index (χ0v) is 6.28. The van der Waals surface area contributed by atoms with Crippen LogP contribution < -0.4 is 5.46 Å². The first kappa shape index (κ1) is 9.10. The minimum Gasteiger partial charge on any atom is -0.449 e. The first-order valence-electron chi connectivity index (χ1n) is 3.28. The molecular weight excluding hydrogens is 127 g/mol. The van der Waals surface area contributed by atoms with E-state index in [-0.39, 0.29) is 7.48 Å². The van der Waals surface area contributed by atoms with Gasteiger partial charge in [0.1, 0.15) is 6.33 Å². The summed E-state index contributed by atoms with van der Waals surface area (Å²) in [5, 5.41) is 8.46. The van der Waals surface area contributed by atoms with Crippen LogP contribution in [0.25, 0.3) is 0 Å². The Kier molecular flexibility index (Phi) is 5.67. The van der Waals surface area contributed by atoms with Crippen molar-refractivity contribution in [2.45, 2.75) is 13.8 Å². The maximum Gasteiger partial charge on any atom is 0.307 e. The number of rotatable bonds is 1. The van der Waals surface area contributed by atoms with Gasteiger partial charge in [-0.3, -0.25) is 0 Å². The van der Waals surface area contributed by atoms with E-state index in [1.807, 2.05) is 13.8 Å². The number of aromatic nitrogens is 2. The second-order valence-corrected chi connectivity index (χ2v) is 1.40. The molecule has 0 aliphatic rings. The summed E-state index contributed by atoms with van der Waals surface area (Å²) in [7, 11) is 0.0147. The van der Waals surface area contributed by atoms with Crippen LogP contribution in [0.15, 0.2) is 18.7 Å². The summed E-state index contributed by atoms with van der Waals surface area (Å²) in [5.74, 6) is 0. The summed E-state index contributed by atoms with van der Waals surface area (Å²) in [6, 6.07) is 0. The summed E-state index contributed by atoms with van der Waals surface area (Å²) in [6.07, 6.45) is 4.58. The Morgan fingerprint density at radius 3 is 2.10 bits per heavy atom. The molecule has 0 bridgehead atoms. The fourth-order valence-corrected chi connectivity index (χ4v) is 0.412. The number of hydrogen-bond acceptors (Lipinski definition) is 3. The maximum atomic E-state index is 8.46. The van der Waals surface area contributed by atoms with Crippen molar-refractivity contribution < 1.29 is 5.02 Å². The highest BCUT2D eigenvalue weighted by Crippen LogP contribution is 1.65. The lowest BCUT2D eigenvalue weighted by atomic mass is 9.92. The molecule has 1 aromatic heterocycles. The molecule has 0 aliphatic heterocycles. The monoisotopic (exact) mass is 138 g/mol. The van der Waals surface area contributed by atoms with E-state index in [4.69, 9.17) is 5.02 Å². The van der Waals surface area contributed by atoms with Crippen molar-refractivity contribution in [1.29, 1.82) is 0 Å². The van der Waals surface area contributed by atoms with Gasteiger partial charge in [-0.1, -0.05) is 13.8 Å². The summed E-state index contributed by atoms with van der Waals surface area (Å²) in [4.78, 5) is 7.37. The maximum absolute atomic E-state index is 8.46. The predicted molar refractivity (Wildman–Crippen MR) is 42.4 cm³/mol. The van der Waals surface area contributed by atoms with Crippen molar-refractivity contribution in [3.63, 3.8) is 0 Å². The van der Waals surface area contributed by atoms with Crippen LogP contribution in [-0.2, 0) is 0 Å². The molecule has 1 heterocycles. The molecule has 0 aromatic carbocycles. The van der Waals surface area contributed by atoms with Crippen LogP contribution in [0.4, 0.5) is 0 Å². The molecule has 4 heteroatoms. The SMILES string of the molecule is CC.OBc1cncnc1. The highest BCUT2D eigenvalue weighted by Gasteiger charge is 1.87. The van der Waals surface area contributed by atoms with E-state index in [1.165, 1.54) is 6.33 Å². The van der Waals surface area contributed by atoms with Gasteiger partial charge in [-0.25, -0.2) is 9.97 Å². The van der Waals surface area contributed by atoms with E-state index >= 15 is 0 Å². The lowest BCUT2D eigenvalue weighted by Gasteiger charge is -1.85. The molecule has 0 spiro atoms. The van der Waals surface area contributed by atoms with E-state index in [1.54, 1.807) is 12.4 Å². The third-order valence-electron chi connectivity index (χ3n) is 0.797. The van der Waals surface area contributed by atoms with Crippen LogP contribution in [0.2, 0.25) is 0 Å². The quantitative estimate of drug-likeness (QED) is 0.530. The van der Waals surface area contributed by atoms with Crippen molar-refractivity contribution in [3.8, 4) is 0 Å². The Labute approximate surface area is 61.4 Å². The van der Waals surface area contributed by atoms with E-state index in [9.17, 15) is 0 Å². The van der Waals surface area contributed by atoms with Gasteiger partial charge < -0.3 is 5.02 Å². The van der Waals surface area contributed by atoms with Gasteiger partial charge in [0.15, 0.2) is 0 Å². The van der Waals surface area contributed by atoms with Crippen molar-refractivity contribution >= 4 is 12.9 Å². The van der Waals surface area contributed by atoms with Gasteiger partial charge in [0.25, 0.3) is 0 Å². The molecule has 0 saturated carbocycles. The summed E-state index contributed by atoms with van der Waals surface area (Å²) in [6.45, 7) is 4.00. The summed E-state index contributed by atoms with van der Waals surface area (Å²) >= 11 is 0. The zero-order chi connectivity index (χ0) is 7.82. The molecule has 1 rings (SSSR count). The van der Waals surface area contributed by atoms with Crippen molar-refractivity contribution in [3.05, 3.63) is 18.7 Å². The standard InChI is InChI=1S/C4H5BN2O.C2H6/c8-5-4-1-6-3-7-2-4;1-2/h1-3,5,8H;1-2H3. The van der Waals surface area contributed by atoms with E-state index in [2.05, 4.69) is 9.97 Å². The van der Waals surface area contributed by atoms with Crippen LogP contribution in [0.1, 0.15) is 13.8 Å². The van der Waals surface area contributed by atoms with Crippen LogP contribution >= 0.6 is 0 Å². The second-order valence-electron chi connectivity index (χ2n) is 1.40. The van der Waals surface area contributed by atoms with Crippen LogP contribution in [0.5, 0.6) is 0 Å². The first-order chi connectivity index (χ1) is 4.93. The zero-order valence-electron chi connectivity index (χ0n) is 6.28. The van der Waals surface area contributed by atoms with Crippen LogP contribution in [0, 0.1) is 0 Å². The molecule has 10 heavy (non-hydrogen) atoms. The normalized spacial score (nSPS) is 7.50. The average Bonchev–Trinajstić information content (AvgIpc) is 2.10. The summed E-state index contributed by atoms with van der Waals surface area (Å²) in [5.41, 5.74) is 0.743. The molecule has 0 fully saturated rings. The topological polar surface area (TPSA) is 46.0 Å². The molecule has 0 aliphatic carbocycles.